The molecule has 0 aliphatic carbocycles. The monoisotopic (exact) mass is 377 g/mol. The molecular weight excluding hydrogens is 350 g/mol. The van der Waals surface area contributed by atoms with Gasteiger partial charge in [0, 0.05) is 44.0 Å². The van der Waals surface area contributed by atoms with Crippen LogP contribution >= 0.6 is 11.3 Å². The molecule has 142 valence electrons. The molecule has 1 aromatic heterocycles. The maximum Gasteiger partial charge on any atom is 0.268 e. The van der Waals surface area contributed by atoms with Crippen LogP contribution in [0.3, 0.4) is 0 Å². The SMILES string of the molecule is CN1CCC(N2CC3(CCC2=O)CCN(c2nc(C(N)=O)cs2)CC3)C1. The smallest absolute Gasteiger partial charge is 0.268 e. The summed E-state index contributed by atoms with van der Waals surface area (Å²) in [5, 5.41) is 2.62. The Balaban J connectivity index is 1.41. The molecule has 1 aromatic rings. The lowest BCUT2D eigenvalue weighted by Crippen LogP contribution is -2.55. The average Bonchev–Trinajstić information content (AvgIpc) is 3.27. The van der Waals surface area contributed by atoms with Gasteiger partial charge in [0.1, 0.15) is 5.69 Å². The number of hydrogen-bond acceptors (Lipinski definition) is 6. The third kappa shape index (κ3) is 3.32. The Morgan fingerprint density at radius 2 is 2.08 bits per heavy atom. The predicted molar refractivity (Wildman–Crippen MR) is 101 cm³/mol. The first-order chi connectivity index (χ1) is 12.5. The summed E-state index contributed by atoms with van der Waals surface area (Å²) in [5.41, 5.74) is 5.91. The van der Waals surface area contributed by atoms with Gasteiger partial charge in [-0.15, -0.1) is 11.3 Å². The van der Waals surface area contributed by atoms with Crippen LogP contribution in [0.2, 0.25) is 0 Å². The quantitative estimate of drug-likeness (QED) is 0.855. The zero-order valence-electron chi connectivity index (χ0n) is 15.3. The fourth-order valence-electron chi connectivity index (χ4n) is 4.65. The van der Waals surface area contributed by atoms with Gasteiger partial charge in [0.2, 0.25) is 5.91 Å². The van der Waals surface area contributed by atoms with E-state index in [9.17, 15) is 9.59 Å². The molecule has 7 nitrogen and oxygen atoms in total. The molecule has 3 aliphatic heterocycles. The first kappa shape index (κ1) is 17.7. The van der Waals surface area contributed by atoms with Crippen LogP contribution in [0.5, 0.6) is 0 Å². The van der Waals surface area contributed by atoms with Crippen molar-refractivity contribution in [1.29, 1.82) is 0 Å². The molecule has 1 spiro atoms. The number of rotatable bonds is 3. The Labute approximate surface area is 158 Å². The molecule has 1 unspecified atom stereocenters. The molecule has 1 atom stereocenters. The van der Waals surface area contributed by atoms with E-state index in [1.807, 2.05) is 0 Å². The number of hydrogen-bond donors (Lipinski definition) is 1. The number of carbonyl (C=O) groups excluding carboxylic acids is 2. The van der Waals surface area contributed by atoms with Gasteiger partial charge in [-0.1, -0.05) is 0 Å². The molecule has 2 N–H and O–H groups in total. The van der Waals surface area contributed by atoms with Gasteiger partial charge in [-0.05, 0) is 44.7 Å². The van der Waals surface area contributed by atoms with E-state index in [4.69, 9.17) is 5.73 Å². The van der Waals surface area contributed by atoms with Gasteiger partial charge in [0.15, 0.2) is 5.13 Å². The molecule has 3 fully saturated rings. The lowest BCUT2D eigenvalue weighted by Gasteiger charge is -2.49. The lowest BCUT2D eigenvalue weighted by atomic mass is 9.72. The molecule has 8 heteroatoms. The minimum absolute atomic E-state index is 0.245. The summed E-state index contributed by atoms with van der Waals surface area (Å²) in [6.07, 6.45) is 4.93. The summed E-state index contributed by atoms with van der Waals surface area (Å²) >= 11 is 1.48. The predicted octanol–water partition coefficient (Wildman–Crippen LogP) is 1.16. The lowest BCUT2D eigenvalue weighted by molar-refractivity contribution is -0.141. The van der Waals surface area contributed by atoms with Gasteiger partial charge in [-0.2, -0.15) is 0 Å². The van der Waals surface area contributed by atoms with Crippen molar-refractivity contribution in [2.75, 3.05) is 44.7 Å². The zero-order chi connectivity index (χ0) is 18.3. The van der Waals surface area contributed by atoms with Crippen molar-refractivity contribution in [3.8, 4) is 0 Å². The van der Waals surface area contributed by atoms with Gasteiger partial charge >= 0.3 is 0 Å². The number of aromatic nitrogens is 1. The number of nitrogens with zero attached hydrogens (tertiary/aromatic N) is 4. The number of carbonyl (C=O) groups is 2. The molecule has 0 saturated carbocycles. The molecule has 0 bridgehead atoms. The normalized spacial score (nSPS) is 26.7. The maximum absolute atomic E-state index is 12.5. The van der Waals surface area contributed by atoms with E-state index < -0.39 is 5.91 Å². The van der Waals surface area contributed by atoms with Crippen LogP contribution in [0.4, 0.5) is 5.13 Å². The van der Waals surface area contributed by atoms with Crippen molar-refractivity contribution in [3.63, 3.8) is 0 Å². The number of thiazole rings is 1. The standard InChI is InChI=1S/C18H27N5O2S/c1-21-7-3-13(10-21)23-12-18(4-2-15(23)24)5-8-22(9-6-18)17-20-14(11-26-17)16(19)25/h11,13H,2-10,12H2,1H3,(H2,19,25). The number of anilines is 1. The number of nitrogens with two attached hydrogens (primary N) is 1. The highest BCUT2D eigenvalue weighted by Crippen LogP contribution is 2.42. The topological polar surface area (TPSA) is 82.8 Å². The molecule has 0 aromatic carbocycles. The minimum atomic E-state index is -0.469. The Bertz CT molecular complexity index is 698. The summed E-state index contributed by atoms with van der Waals surface area (Å²) < 4.78 is 0. The Morgan fingerprint density at radius 1 is 1.31 bits per heavy atom. The van der Waals surface area contributed by atoms with Crippen LogP contribution in [0.15, 0.2) is 5.38 Å². The molecule has 3 saturated heterocycles. The zero-order valence-corrected chi connectivity index (χ0v) is 16.1. The summed E-state index contributed by atoms with van der Waals surface area (Å²) in [5.74, 6) is -0.131. The highest BCUT2D eigenvalue weighted by atomic mass is 32.1. The maximum atomic E-state index is 12.5. The van der Waals surface area contributed by atoms with Crippen molar-refractivity contribution in [2.45, 2.75) is 38.1 Å². The minimum Gasteiger partial charge on any atom is -0.364 e. The molecular formula is C18H27N5O2S. The van der Waals surface area contributed by atoms with Crippen molar-refractivity contribution < 1.29 is 9.59 Å². The summed E-state index contributed by atoms with van der Waals surface area (Å²) in [6.45, 7) is 4.85. The first-order valence-corrected chi connectivity index (χ1v) is 10.3. The van der Waals surface area contributed by atoms with E-state index in [2.05, 4.69) is 26.7 Å². The number of piperidine rings is 2. The number of primary amides is 1. The van der Waals surface area contributed by atoms with Crippen LogP contribution in [0.1, 0.15) is 42.6 Å². The second-order valence-corrected chi connectivity index (χ2v) is 8.93. The van der Waals surface area contributed by atoms with Crippen LogP contribution in [0.25, 0.3) is 0 Å². The largest absolute Gasteiger partial charge is 0.364 e. The molecule has 4 rings (SSSR count). The fraction of sp³-hybridized carbons (Fsp3) is 0.722. The van der Waals surface area contributed by atoms with E-state index in [-0.39, 0.29) is 5.41 Å². The van der Waals surface area contributed by atoms with Crippen molar-refractivity contribution in [3.05, 3.63) is 11.1 Å². The van der Waals surface area contributed by atoms with Gasteiger partial charge in [-0.25, -0.2) is 4.98 Å². The van der Waals surface area contributed by atoms with Gasteiger partial charge in [0.05, 0.1) is 0 Å². The average molecular weight is 378 g/mol. The van der Waals surface area contributed by atoms with Crippen LogP contribution in [0, 0.1) is 5.41 Å². The van der Waals surface area contributed by atoms with Crippen molar-refractivity contribution in [1.82, 2.24) is 14.8 Å². The highest BCUT2D eigenvalue weighted by Gasteiger charge is 2.44. The molecule has 26 heavy (non-hydrogen) atoms. The molecule has 4 heterocycles. The highest BCUT2D eigenvalue weighted by molar-refractivity contribution is 7.13. The second kappa shape index (κ2) is 6.81. The number of likely N-dealkylation sites (N-methyl/N-ethyl adjacent to an activating group) is 1. The van der Waals surface area contributed by atoms with Crippen molar-refractivity contribution in [2.24, 2.45) is 11.1 Å². The fourth-order valence-corrected chi connectivity index (χ4v) is 5.51. The Hall–Kier alpha value is -1.67. The summed E-state index contributed by atoms with van der Waals surface area (Å²) in [6, 6.07) is 0.389. The van der Waals surface area contributed by atoms with E-state index in [1.54, 1.807) is 5.38 Å². The van der Waals surface area contributed by atoms with E-state index in [0.29, 0.717) is 24.1 Å². The Morgan fingerprint density at radius 3 is 2.69 bits per heavy atom. The van der Waals surface area contributed by atoms with Crippen molar-refractivity contribution >= 4 is 28.3 Å². The summed E-state index contributed by atoms with van der Waals surface area (Å²) in [7, 11) is 2.14. The van der Waals surface area contributed by atoms with Gasteiger partial charge < -0.3 is 20.4 Å². The number of amides is 2. The van der Waals surface area contributed by atoms with E-state index >= 15 is 0 Å². The first-order valence-electron chi connectivity index (χ1n) is 9.44. The van der Waals surface area contributed by atoms with E-state index in [1.165, 1.54) is 11.3 Å². The van der Waals surface area contributed by atoms with E-state index in [0.717, 1.165) is 63.5 Å². The second-order valence-electron chi connectivity index (χ2n) is 8.09. The van der Waals surface area contributed by atoms with Crippen LogP contribution in [-0.4, -0.2) is 72.4 Å². The molecule has 3 aliphatic rings. The summed E-state index contributed by atoms with van der Waals surface area (Å²) in [4.78, 5) is 34.9. The van der Waals surface area contributed by atoms with Gasteiger partial charge in [0.25, 0.3) is 5.91 Å². The van der Waals surface area contributed by atoms with Gasteiger partial charge in [-0.3, -0.25) is 9.59 Å². The van der Waals surface area contributed by atoms with Crippen LogP contribution in [-0.2, 0) is 4.79 Å². The molecule has 2 amide bonds. The van der Waals surface area contributed by atoms with Crippen LogP contribution < -0.4 is 10.6 Å². The third-order valence-electron chi connectivity index (χ3n) is 6.34. The molecule has 0 radical (unpaired) electrons. The number of likely N-dealkylation sites (tertiary alicyclic amines) is 2. The third-order valence-corrected chi connectivity index (χ3v) is 7.24. The Kier molecular flexibility index (Phi) is 4.64.